The zero-order valence-electron chi connectivity index (χ0n) is 7.00. The quantitative estimate of drug-likeness (QED) is 0.802. The van der Waals surface area contributed by atoms with E-state index < -0.39 is 5.72 Å². The van der Waals surface area contributed by atoms with E-state index in [1.54, 1.807) is 0 Å². The van der Waals surface area contributed by atoms with E-state index in [0.29, 0.717) is 13.2 Å². The highest BCUT2D eigenvalue weighted by molar-refractivity contribution is 9.10. The molecule has 3 nitrogen and oxygen atoms in total. The first-order chi connectivity index (χ1) is 6.18. The molecule has 2 N–H and O–H groups in total. The van der Waals surface area contributed by atoms with E-state index in [1.807, 2.05) is 24.3 Å². The molecule has 0 spiro atoms. The third kappa shape index (κ3) is 2.02. The Kier molecular flexibility index (Phi) is 2.27. The molecule has 1 aromatic carbocycles. The largest absolute Gasteiger partial charge is 0.468 e. The molecule has 1 fully saturated rings. The minimum absolute atomic E-state index is 0.461. The van der Waals surface area contributed by atoms with Gasteiger partial charge in [-0.1, -0.05) is 15.9 Å². The Balaban J connectivity index is 2.05. The molecular formula is C9H10BrNO2. The fourth-order valence-corrected chi connectivity index (χ4v) is 1.36. The van der Waals surface area contributed by atoms with Crippen LogP contribution in [0.5, 0.6) is 5.75 Å². The average Bonchev–Trinajstić information content (AvgIpc) is 2.06. The maximum atomic E-state index is 5.81. The number of halogens is 1. The topological polar surface area (TPSA) is 44.5 Å². The molecule has 1 heterocycles. The zero-order valence-corrected chi connectivity index (χ0v) is 8.58. The summed E-state index contributed by atoms with van der Waals surface area (Å²) in [6.07, 6.45) is 0. The van der Waals surface area contributed by atoms with Gasteiger partial charge in [-0.25, -0.2) is 0 Å². The molecule has 0 radical (unpaired) electrons. The molecule has 1 aromatic rings. The van der Waals surface area contributed by atoms with Gasteiger partial charge in [0.05, 0.1) is 0 Å². The van der Waals surface area contributed by atoms with E-state index in [4.69, 9.17) is 15.2 Å². The first-order valence-electron chi connectivity index (χ1n) is 3.99. The van der Waals surface area contributed by atoms with Gasteiger partial charge in [0.15, 0.2) is 0 Å². The Labute approximate surface area is 85.0 Å². The molecule has 70 valence electrons. The van der Waals surface area contributed by atoms with Crippen LogP contribution in [0.1, 0.15) is 0 Å². The van der Waals surface area contributed by atoms with E-state index in [2.05, 4.69) is 15.9 Å². The van der Waals surface area contributed by atoms with E-state index in [0.717, 1.165) is 10.2 Å². The van der Waals surface area contributed by atoms with Gasteiger partial charge in [0.1, 0.15) is 19.0 Å². The van der Waals surface area contributed by atoms with E-state index >= 15 is 0 Å². The maximum absolute atomic E-state index is 5.81. The smallest absolute Gasteiger partial charge is 0.205 e. The first kappa shape index (κ1) is 8.99. The molecule has 0 aliphatic carbocycles. The van der Waals surface area contributed by atoms with Crippen LogP contribution in [0.3, 0.4) is 0 Å². The zero-order chi connectivity index (χ0) is 9.31. The molecule has 1 aliphatic rings. The lowest BCUT2D eigenvalue weighted by atomic mass is 10.2. The van der Waals surface area contributed by atoms with Crippen molar-refractivity contribution in [3.63, 3.8) is 0 Å². The number of ether oxygens (including phenoxy) is 2. The van der Waals surface area contributed by atoms with Crippen molar-refractivity contribution in [2.75, 3.05) is 13.2 Å². The minimum Gasteiger partial charge on any atom is -0.468 e. The fourth-order valence-electron chi connectivity index (χ4n) is 1.10. The SMILES string of the molecule is NC1(Oc2ccc(Br)cc2)COC1. The van der Waals surface area contributed by atoms with Crippen LogP contribution >= 0.6 is 15.9 Å². The van der Waals surface area contributed by atoms with Crippen LogP contribution < -0.4 is 10.5 Å². The standard InChI is InChI=1S/C9H10BrNO2/c10-7-1-3-8(4-2-7)13-9(11)5-12-6-9/h1-4H,5-6,11H2. The number of hydrogen-bond donors (Lipinski definition) is 1. The highest BCUT2D eigenvalue weighted by Gasteiger charge is 2.36. The summed E-state index contributed by atoms with van der Waals surface area (Å²) in [5.74, 6) is 0.772. The summed E-state index contributed by atoms with van der Waals surface area (Å²) in [5, 5.41) is 0. The van der Waals surface area contributed by atoms with Gasteiger partial charge in [0.25, 0.3) is 0 Å². The van der Waals surface area contributed by atoms with Gasteiger partial charge in [0, 0.05) is 4.47 Å². The van der Waals surface area contributed by atoms with Crippen molar-refractivity contribution in [1.82, 2.24) is 0 Å². The second kappa shape index (κ2) is 3.29. The van der Waals surface area contributed by atoms with Crippen molar-refractivity contribution in [3.05, 3.63) is 28.7 Å². The predicted molar refractivity (Wildman–Crippen MR) is 52.5 cm³/mol. The van der Waals surface area contributed by atoms with Gasteiger partial charge in [-0.2, -0.15) is 0 Å². The molecule has 1 saturated heterocycles. The summed E-state index contributed by atoms with van der Waals surface area (Å²) < 4.78 is 11.5. The molecule has 2 rings (SSSR count). The summed E-state index contributed by atoms with van der Waals surface area (Å²) in [6.45, 7) is 0.923. The van der Waals surface area contributed by atoms with Crippen molar-refractivity contribution in [2.24, 2.45) is 5.73 Å². The van der Waals surface area contributed by atoms with Crippen LogP contribution in [0.25, 0.3) is 0 Å². The van der Waals surface area contributed by atoms with Gasteiger partial charge < -0.3 is 9.47 Å². The molecule has 4 heteroatoms. The Bertz CT molecular complexity index is 295. The summed E-state index contributed by atoms with van der Waals surface area (Å²) in [6, 6.07) is 7.57. The number of rotatable bonds is 2. The lowest BCUT2D eigenvalue weighted by molar-refractivity contribution is -0.157. The molecule has 0 aromatic heterocycles. The van der Waals surface area contributed by atoms with Gasteiger partial charge in [-0.3, -0.25) is 5.73 Å². The highest BCUT2D eigenvalue weighted by Crippen LogP contribution is 2.22. The first-order valence-corrected chi connectivity index (χ1v) is 4.78. The van der Waals surface area contributed by atoms with Crippen molar-refractivity contribution >= 4 is 15.9 Å². The number of hydrogen-bond acceptors (Lipinski definition) is 3. The highest BCUT2D eigenvalue weighted by atomic mass is 79.9. The summed E-state index contributed by atoms with van der Waals surface area (Å²) in [7, 11) is 0. The van der Waals surface area contributed by atoms with Crippen LogP contribution in [0.4, 0.5) is 0 Å². The van der Waals surface area contributed by atoms with Crippen LogP contribution in [-0.4, -0.2) is 18.9 Å². The molecule has 0 bridgehead atoms. The summed E-state index contributed by atoms with van der Waals surface area (Å²) in [5.41, 5.74) is 5.20. The Morgan fingerprint density at radius 2 is 1.92 bits per heavy atom. The number of nitrogens with two attached hydrogens (primary N) is 1. The molecule has 0 saturated carbocycles. The van der Waals surface area contributed by atoms with Crippen LogP contribution in [0, 0.1) is 0 Å². The summed E-state index contributed by atoms with van der Waals surface area (Å²) >= 11 is 3.34. The molecule has 0 atom stereocenters. The van der Waals surface area contributed by atoms with E-state index in [1.165, 1.54) is 0 Å². The van der Waals surface area contributed by atoms with Crippen molar-refractivity contribution < 1.29 is 9.47 Å². The second-order valence-electron chi connectivity index (χ2n) is 3.11. The lowest BCUT2D eigenvalue weighted by Gasteiger charge is -2.37. The van der Waals surface area contributed by atoms with Gasteiger partial charge in [-0.05, 0) is 24.3 Å². The lowest BCUT2D eigenvalue weighted by Crippen LogP contribution is -2.61. The van der Waals surface area contributed by atoms with E-state index in [-0.39, 0.29) is 0 Å². The fraction of sp³-hybridized carbons (Fsp3) is 0.333. The molecule has 13 heavy (non-hydrogen) atoms. The Morgan fingerprint density at radius 3 is 2.38 bits per heavy atom. The monoisotopic (exact) mass is 243 g/mol. The number of benzene rings is 1. The van der Waals surface area contributed by atoms with E-state index in [9.17, 15) is 0 Å². The van der Waals surface area contributed by atoms with Gasteiger partial charge in [-0.15, -0.1) is 0 Å². The van der Waals surface area contributed by atoms with Crippen LogP contribution in [0.2, 0.25) is 0 Å². The van der Waals surface area contributed by atoms with Gasteiger partial charge >= 0.3 is 0 Å². The van der Waals surface area contributed by atoms with Crippen LogP contribution in [-0.2, 0) is 4.74 Å². The van der Waals surface area contributed by atoms with Crippen molar-refractivity contribution in [3.8, 4) is 5.75 Å². The second-order valence-corrected chi connectivity index (χ2v) is 4.03. The molecule has 1 aliphatic heterocycles. The Hall–Kier alpha value is -0.580. The molecular weight excluding hydrogens is 234 g/mol. The normalized spacial score (nSPS) is 19.2. The Morgan fingerprint density at radius 1 is 1.31 bits per heavy atom. The summed E-state index contributed by atoms with van der Waals surface area (Å²) in [4.78, 5) is 0. The third-order valence-electron chi connectivity index (χ3n) is 1.83. The molecule has 0 unspecified atom stereocenters. The predicted octanol–water partition coefficient (Wildman–Crippen LogP) is 1.51. The van der Waals surface area contributed by atoms with Crippen LogP contribution in [0.15, 0.2) is 28.7 Å². The maximum Gasteiger partial charge on any atom is 0.205 e. The van der Waals surface area contributed by atoms with Crippen molar-refractivity contribution in [1.29, 1.82) is 0 Å². The van der Waals surface area contributed by atoms with Gasteiger partial charge in [0.2, 0.25) is 5.72 Å². The average molecular weight is 244 g/mol. The molecule has 0 amide bonds. The third-order valence-corrected chi connectivity index (χ3v) is 2.36. The minimum atomic E-state index is -0.617. The van der Waals surface area contributed by atoms with Crippen molar-refractivity contribution in [2.45, 2.75) is 5.72 Å².